The SMILES string of the molecule is CC(C)c1cc(Oc2c(Cl)c(F)nc(NCCOCCO)c2Cl)ccc1O. The topological polar surface area (TPSA) is 83.8 Å². The van der Waals surface area contributed by atoms with Gasteiger partial charge in [-0.15, -0.1) is 0 Å². The molecule has 2 rings (SSSR count). The van der Waals surface area contributed by atoms with Crippen LogP contribution >= 0.6 is 23.2 Å². The zero-order valence-electron chi connectivity index (χ0n) is 14.9. The van der Waals surface area contributed by atoms with E-state index in [0.717, 1.165) is 0 Å². The molecule has 6 nitrogen and oxygen atoms in total. The summed E-state index contributed by atoms with van der Waals surface area (Å²) in [6, 6.07) is 4.66. The van der Waals surface area contributed by atoms with Gasteiger partial charge >= 0.3 is 0 Å². The van der Waals surface area contributed by atoms with E-state index >= 15 is 0 Å². The largest absolute Gasteiger partial charge is 0.508 e. The van der Waals surface area contributed by atoms with Crippen LogP contribution in [0.4, 0.5) is 10.2 Å². The summed E-state index contributed by atoms with van der Waals surface area (Å²) >= 11 is 12.3. The molecule has 9 heteroatoms. The van der Waals surface area contributed by atoms with Gasteiger partial charge in [-0.25, -0.2) is 0 Å². The molecule has 2 aromatic rings. The molecule has 0 amide bonds. The van der Waals surface area contributed by atoms with E-state index in [1.54, 1.807) is 6.07 Å². The number of anilines is 1. The molecule has 0 spiro atoms. The van der Waals surface area contributed by atoms with Gasteiger partial charge in [0.2, 0.25) is 5.95 Å². The molecule has 1 heterocycles. The second-order valence-electron chi connectivity index (χ2n) is 5.95. The van der Waals surface area contributed by atoms with E-state index in [1.165, 1.54) is 12.1 Å². The third kappa shape index (κ3) is 5.59. The number of nitrogens with zero attached hydrogens (tertiary/aromatic N) is 1. The van der Waals surface area contributed by atoms with E-state index in [2.05, 4.69) is 10.3 Å². The number of rotatable bonds is 9. The smallest absolute Gasteiger partial charge is 0.237 e. The first-order valence-electron chi connectivity index (χ1n) is 8.32. The van der Waals surface area contributed by atoms with E-state index < -0.39 is 5.95 Å². The highest BCUT2D eigenvalue weighted by Gasteiger charge is 2.20. The molecule has 0 bridgehead atoms. The highest BCUT2D eigenvalue weighted by Crippen LogP contribution is 2.42. The fourth-order valence-electron chi connectivity index (χ4n) is 2.29. The Labute approximate surface area is 166 Å². The first-order valence-corrected chi connectivity index (χ1v) is 9.08. The van der Waals surface area contributed by atoms with Crippen molar-refractivity contribution in [1.82, 2.24) is 4.98 Å². The lowest BCUT2D eigenvalue weighted by Gasteiger charge is -2.15. The van der Waals surface area contributed by atoms with Crippen molar-refractivity contribution in [3.8, 4) is 17.2 Å². The first kappa shape index (κ1) is 21.5. The lowest BCUT2D eigenvalue weighted by Crippen LogP contribution is -2.13. The number of phenols is 1. The van der Waals surface area contributed by atoms with Crippen LogP contribution in [0.3, 0.4) is 0 Å². The molecule has 0 atom stereocenters. The lowest BCUT2D eigenvalue weighted by molar-refractivity contribution is 0.0992. The first-order chi connectivity index (χ1) is 12.8. The molecular formula is C18H21Cl2FN2O4. The Morgan fingerprint density at radius 2 is 1.96 bits per heavy atom. The summed E-state index contributed by atoms with van der Waals surface area (Å²) in [5.74, 6) is -0.402. The van der Waals surface area contributed by atoms with Crippen molar-refractivity contribution in [2.45, 2.75) is 19.8 Å². The van der Waals surface area contributed by atoms with Crippen molar-refractivity contribution >= 4 is 29.0 Å². The number of aliphatic hydroxyl groups excluding tert-OH is 1. The molecule has 0 aliphatic carbocycles. The Morgan fingerprint density at radius 3 is 2.63 bits per heavy atom. The van der Waals surface area contributed by atoms with Crippen LogP contribution in [0, 0.1) is 5.95 Å². The van der Waals surface area contributed by atoms with E-state index in [9.17, 15) is 9.50 Å². The summed E-state index contributed by atoms with van der Waals surface area (Å²) in [6.45, 7) is 4.53. The van der Waals surface area contributed by atoms with Gasteiger partial charge in [0.15, 0.2) is 11.6 Å². The molecule has 1 aromatic heterocycles. The second-order valence-corrected chi connectivity index (χ2v) is 6.70. The number of hydrogen-bond donors (Lipinski definition) is 3. The van der Waals surface area contributed by atoms with Crippen molar-refractivity contribution in [1.29, 1.82) is 0 Å². The molecule has 3 N–H and O–H groups in total. The number of phenolic OH excluding ortho intramolecular Hbond substituents is 1. The molecular weight excluding hydrogens is 398 g/mol. The number of ether oxygens (including phenoxy) is 2. The Balaban J connectivity index is 2.24. The summed E-state index contributed by atoms with van der Waals surface area (Å²) in [7, 11) is 0. The van der Waals surface area contributed by atoms with Crippen LogP contribution in [0.15, 0.2) is 18.2 Å². The van der Waals surface area contributed by atoms with Crippen molar-refractivity contribution in [3.05, 3.63) is 39.8 Å². The number of nitrogens with one attached hydrogen (secondary N) is 1. The van der Waals surface area contributed by atoms with Gasteiger partial charge in [-0.3, -0.25) is 0 Å². The number of benzene rings is 1. The maximum Gasteiger partial charge on any atom is 0.237 e. The Kier molecular flexibility index (Phi) is 7.91. The summed E-state index contributed by atoms with van der Waals surface area (Å²) < 4.78 is 24.9. The quantitative estimate of drug-likeness (QED) is 0.408. The minimum Gasteiger partial charge on any atom is -0.508 e. The molecule has 1 aromatic carbocycles. The van der Waals surface area contributed by atoms with E-state index in [1.807, 2.05) is 13.8 Å². The molecule has 0 unspecified atom stereocenters. The van der Waals surface area contributed by atoms with Crippen LogP contribution < -0.4 is 10.1 Å². The van der Waals surface area contributed by atoms with E-state index in [-0.39, 0.29) is 53.1 Å². The van der Waals surface area contributed by atoms with Crippen LogP contribution in [0.2, 0.25) is 10.0 Å². The monoisotopic (exact) mass is 418 g/mol. The summed E-state index contributed by atoms with van der Waals surface area (Å²) in [5.41, 5.74) is 0.675. The predicted molar refractivity (Wildman–Crippen MR) is 103 cm³/mol. The van der Waals surface area contributed by atoms with Gasteiger partial charge in [-0.2, -0.15) is 9.37 Å². The van der Waals surface area contributed by atoms with Gasteiger partial charge in [-0.05, 0) is 24.1 Å². The normalized spacial score (nSPS) is 11.1. The molecule has 0 aliphatic heterocycles. The van der Waals surface area contributed by atoms with E-state index in [0.29, 0.717) is 17.9 Å². The average Bonchev–Trinajstić information content (AvgIpc) is 2.63. The Bertz CT molecular complexity index is 790. The van der Waals surface area contributed by atoms with Gasteiger partial charge in [0, 0.05) is 12.1 Å². The van der Waals surface area contributed by atoms with Crippen LogP contribution in [-0.2, 0) is 4.74 Å². The van der Waals surface area contributed by atoms with Crippen LogP contribution in [0.25, 0.3) is 0 Å². The van der Waals surface area contributed by atoms with Gasteiger partial charge < -0.3 is 25.0 Å². The third-order valence-corrected chi connectivity index (χ3v) is 4.29. The summed E-state index contributed by atoms with van der Waals surface area (Å²) in [5, 5.41) is 21.1. The number of halogens is 3. The van der Waals surface area contributed by atoms with Gasteiger partial charge in [0.05, 0.1) is 19.8 Å². The molecule has 148 valence electrons. The Morgan fingerprint density at radius 1 is 1.22 bits per heavy atom. The fourth-order valence-corrected chi connectivity index (χ4v) is 2.75. The molecule has 0 fully saturated rings. The summed E-state index contributed by atoms with van der Waals surface area (Å²) in [6.07, 6.45) is 0. The van der Waals surface area contributed by atoms with Crippen molar-refractivity contribution in [2.24, 2.45) is 0 Å². The highest BCUT2D eigenvalue weighted by molar-refractivity contribution is 6.38. The van der Waals surface area contributed by atoms with Crippen molar-refractivity contribution < 1.29 is 24.1 Å². The van der Waals surface area contributed by atoms with Crippen LogP contribution in [-0.4, -0.2) is 41.6 Å². The lowest BCUT2D eigenvalue weighted by atomic mass is 10.0. The number of aliphatic hydroxyl groups is 1. The minimum atomic E-state index is -0.933. The minimum absolute atomic E-state index is 0.0164. The summed E-state index contributed by atoms with van der Waals surface area (Å²) in [4.78, 5) is 3.69. The second kappa shape index (κ2) is 9.94. The molecule has 0 aliphatic rings. The maximum atomic E-state index is 14.1. The Hall–Kier alpha value is -1.80. The van der Waals surface area contributed by atoms with E-state index in [4.69, 9.17) is 37.8 Å². The molecule has 27 heavy (non-hydrogen) atoms. The number of aromatic nitrogens is 1. The number of hydrogen-bond acceptors (Lipinski definition) is 6. The van der Waals surface area contributed by atoms with Gasteiger partial charge in [-0.1, -0.05) is 37.0 Å². The third-order valence-electron chi connectivity index (χ3n) is 3.61. The fraction of sp³-hybridized carbons (Fsp3) is 0.389. The predicted octanol–water partition coefficient (Wildman–Crippen LogP) is 4.57. The average molecular weight is 419 g/mol. The number of pyridine rings is 1. The zero-order valence-corrected chi connectivity index (χ0v) is 16.4. The standard InChI is InChI=1S/C18H21Cl2FN2O4/c1-10(2)12-9-11(3-4-13(12)25)27-16-14(19)17(21)23-18(15(16)20)22-5-7-26-8-6-24/h3-4,9-10,24-25H,5-8H2,1-2H3,(H,22,23). The van der Waals surface area contributed by atoms with Crippen LogP contribution in [0.5, 0.6) is 17.2 Å². The van der Waals surface area contributed by atoms with Crippen molar-refractivity contribution in [3.63, 3.8) is 0 Å². The molecule has 0 radical (unpaired) electrons. The highest BCUT2D eigenvalue weighted by atomic mass is 35.5. The number of aromatic hydroxyl groups is 1. The van der Waals surface area contributed by atoms with Gasteiger partial charge in [0.25, 0.3) is 0 Å². The van der Waals surface area contributed by atoms with Gasteiger partial charge in [0.1, 0.15) is 21.5 Å². The van der Waals surface area contributed by atoms with Crippen LogP contribution in [0.1, 0.15) is 25.3 Å². The zero-order chi connectivity index (χ0) is 20.0. The molecule has 0 saturated heterocycles. The molecule has 0 saturated carbocycles. The van der Waals surface area contributed by atoms with Crippen molar-refractivity contribution in [2.75, 3.05) is 31.7 Å². The maximum absolute atomic E-state index is 14.1.